The lowest BCUT2D eigenvalue weighted by molar-refractivity contribution is 0.0992. The Balaban J connectivity index is 1.61. The van der Waals surface area contributed by atoms with Crippen LogP contribution in [0.15, 0.2) is 54.6 Å². The number of aromatic nitrogens is 1. The van der Waals surface area contributed by atoms with Crippen molar-refractivity contribution in [3.8, 4) is 0 Å². The van der Waals surface area contributed by atoms with Gasteiger partial charge in [0.25, 0.3) is 5.91 Å². The molecule has 4 rings (SSSR count). The van der Waals surface area contributed by atoms with Crippen molar-refractivity contribution in [3.63, 3.8) is 0 Å². The number of primary amides is 1. The summed E-state index contributed by atoms with van der Waals surface area (Å²) in [5.41, 5.74) is 10.1. The smallest absolute Gasteiger partial charge is 0.267 e. The second-order valence-corrected chi connectivity index (χ2v) is 7.85. The molecule has 1 fully saturated rings. The fraction of sp³-hybridized carbons (Fsp3) is 0.375. The Hall–Kier alpha value is -2.75. The van der Waals surface area contributed by atoms with Crippen molar-refractivity contribution < 1.29 is 4.79 Å². The quantitative estimate of drug-likeness (QED) is 0.684. The van der Waals surface area contributed by atoms with Gasteiger partial charge in [-0.15, -0.1) is 0 Å². The summed E-state index contributed by atoms with van der Waals surface area (Å²) in [6.07, 6.45) is 4.38. The molecule has 4 heteroatoms. The molecule has 0 aliphatic carbocycles. The number of aryl methyl sites for hydroxylation is 1. The van der Waals surface area contributed by atoms with Crippen molar-refractivity contribution in [2.24, 2.45) is 11.7 Å². The molecule has 0 atom stereocenters. The molecule has 1 amide bonds. The summed E-state index contributed by atoms with van der Waals surface area (Å²) in [6, 6.07) is 19.1. The number of para-hydroxylation sites is 1. The van der Waals surface area contributed by atoms with E-state index in [9.17, 15) is 4.79 Å². The first-order valence-corrected chi connectivity index (χ1v) is 10.4. The average molecular weight is 376 g/mol. The summed E-state index contributed by atoms with van der Waals surface area (Å²) in [5.74, 6) is 0.366. The summed E-state index contributed by atoms with van der Waals surface area (Å²) < 4.78 is 2.11. The molecule has 146 valence electrons. The number of amides is 1. The predicted octanol–water partition coefficient (Wildman–Crippen LogP) is 4.61. The third-order valence-electron chi connectivity index (χ3n) is 5.92. The van der Waals surface area contributed by atoms with Crippen LogP contribution in [0.4, 0.5) is 5.69 Å². The van der Waals surface area contributed by atoms with Crippen molar-refractivity contribution >= 4 is 22.5 Å². The zero-order chi connectivity index (χ0) is 19.5. The van der Waals surface area contributed by atoms with Gasteiger partial charge in [0.2, 0.25) is 0 Å². The highest BCUT2D eigenvalue weighted by Crippen LogP contribution is 2.36. The van der Waals surface area contributed by atoms with E-state index in [1.54, 1.807) is 0 Å². The van der Waals surface area contributed by atoms with Gasteiger partial charge in [-0.1, -0.05) is 55.5 Å². The molecule has 0 bridgehead atoms. The summed E-state index contributed by atoms with van der Waals surface area (Å²) >= 11 is 0. The van der Waals surface area contributed by atoms with Crippen molar-refractivity contribution in [1.29, 1.82) is 0 Å². The number of rotatable bonds is 6. The van der Waals surface area contributed by atoms with Gasteiger partial charge in [-0.25, -0.2) is 0 Å². The summed E-state index contributed by atoms with van der Waals surface area (Å²) in [4.78, 5) is 14.8. The van der Waals surface area contributed by atoms with Crippen molar-refractivity contribution in [2.75, 3.05) is 18.0 Å². The van der Waals surface area contributed by atoms with E-state index in [0.29, 0.717) is 11.6 Å². The van der Waals surface area contributed by atoms with Crippen LogP contribution in [0.2, 0.25) is 0 Å². The first-order chi connectivity index (χ1) is 13.7. The fourth-order valence-corrected chi connectivity index (χ4v) is 4.62. The Labute approximate surface area is 166 Å². The van der Waals surface area contributed by atoms with Crippen molar-refractivity contribution in [3.05, 3.63) is 65.9 Å². The second kappa shape index (κ2) is 8.09. The molecular weight excluding hydrogens is 346 g/mol. The first kappa shape index (κ1) is 18.6. The molecule has 2 aromatic carbocycles. The van der Waals surface area contributed by atoms with E-state index < -0.39 is 0 Å². The van der Waals surface area contributed by atoms with Crippen LogP contribution in [0, 0.1) is 5.92 Å². The SMILES string of the molecule is CCCn1c(C(N)=O)c(N2CCC(Cc3ccccc3)CC2)c2ccccc21. The van der Waals surface area contributed by atoms with Crippen LogP contribution in [-0.2, 0) is 13.0 Å². The average Bonchev–Trinajstić information content (AvgIpc) is 3.04. The van der Waals surface area contributed by atoms with Crippen LogP contribution in [0.1, 0.15) is 42.2 Å². The number of hydrogen-bond acceptors (Lipinski definition) is 2. The number of nitrogens with zero attached hydrogens (tertiary/aromatic N) is 2. The zero-order valence-electron chi connectivity index (χ0n) is 16.6. The molecule has 0 saturated carbocycles. The van der Waals surface area contributed by atoms with E-state index in [1.165, 1.54) is 5.56 Å². The van der Waals surface area contributed by atoms with E-state index in [2.05, 4.69) is 64.9 Å². The minimum absolute atomic E-state index is 0.328. The lowest BCUT2D eigenvalue weighted by Gasteiger charge is -2.34. The molecule has 1 aliphatic heterocycles. The van der Waals surface area contributed by atoms with Gasteiger partial charge < -0.3 is 15.2 Å². The van der Waals surface area contributed by atoms with Gasteiger partial charge in [-0.3, -0.25) is 4.79 Å². The van der Waals surface area contributed by atoms with Gasteiger partial charge in [-0.05, 0) is 43.2 Å². The zero-order valence-corrected chi connectivity index (χ0v) is 16.6. The van der Waals surface area contributed by atoms with Gasteiger partial charge in [0.15, 0.2) is 0 Å². The van der Waals surface area contributed by atoms with Crippen LogP contribution in [0.5, 0.6) is 0 Å². The molecule has 2 heterocycles. The number of carbonyl (C=O) groups excluding carboxylic acids is 1. The molecule has 28 heavy (non-hydrogen) atoms. The molecule has 1 aromatic heterocycles. The van der Waals surface area contributed by atoms with Gasteiger partial charge >= 0.3 is 0 Å². The number of carbonyl (C=O) groups is 1. The lowest BCUT2D eigenvalue weighted by atomic mass is 9.90. The normalized spacial score (nSPS) is 15.2. The number of nitrogens with two attached hydrogens (primary N) is 1. The fourth-order valence-electron chi connectivity index (χ4n) is 4.62. The van der Waals surface area contributed by atoms with E-state index in [0.717, 1.165) is 61.9 Å². The third-order valence-corrected chi connectivity index (χ3v) is 5.92. The Morgan fingerprint density at radius 3 is 2.39 bits per heavy atom. The molecular formula is C24H29N3O. The minimum Gasteiger partial charge on any atom is -0.369 e. The lowest BCUT2D eigenvalue weighted by Crippen LogP contribution is -2.35. The van der Waals surface area contributed by atoms with Crippen LogP contribution in [0.25, 0.3) is 10.9 Å². The second-order valence-electron chi connectivity index (χ2n) is 7.85. The van der Waals surface area contributed by atoms with Gasteiger partial charge in [0.1, 0.15) is 5.69 Å². The Bertz CT molecular complexity index is 953. The van der Waals surface area contributed by atoms with Crippen molar-refractivity contribution in [1.82, 2.24) is 4.57 Å². The van der Waals surface area contributed by atoms with E-state index in [-0.39, 0.29) is 5.91 Å². The molecule has 0 unspecified atom stereocenters. The Kier molecular flexibility index (Phi) is 5.38. The minimum atomic E-state index is -0.328. The van der Waals surface area contributed by atoms with Gasteiger partial charge in [0, 0.05) is 25.0 Å². The van der Waals surface area contributed by atoms with Crippen molar-refractivity contribution in [2.45, 2.75) is 39.2 Å². The van der Waals surface area contributed by atoms with Gasteiger partial charge in [-0.2, -0.15) is 0 Å². The molecule has 1 saturated heterocycles. The van der Waals surface area contributed by atoms with E-state index in [1.807, 2.05) is 6.07 Å². The van der Waals surface area contributed by atoms with E-state index in [4.69, 9.17) is 5.73 Å². The molecule has 4 nitrogen and oxygen atoms in total. The van der Waals surface area contributed by atoms with Crippen LogP contribution < -0.4 is 10.6 Å². The third kappa shape index (κ3) is 3.51. The number of fused-ring (bicyclic) bond motifs is 1. The molecule has 2 N–H and O–H groups in total. The Morgan fingerprint density at radius 2 is 1.71 bits per heavy atom. The maximum absolute atomic E-state index is 12.4. The monoisotopic (exact) mass is 375 g/mol. The highest BCUT2D eigenvalue weighted by molar-refractivity contribution is 6.08. The standard InChI is InChI=1S/C24H29N3O/c1-2-14-27-21-11-7-6-10-20(21)22(23(27)24(25)28)26-15-12-19(13-16-26)17-18-8-4-3-5-9-18/h3-11,19H,2,12-17H2,1H3,(H2,25,28). The predicted molar refractivity (Wildman–Crippen MR) is 116 cm³/mol. The topological polar surface area (TPSA) is 51.3 Å². The largest absolute Gasteiger partial charge is 0.369 e. The molecule has 0 spiro atoms. The molecule has 0 radical (unpaired) electrons. The Morgan fingerprint density at radius 1 is 1.04 bits per heavy atom. The highest BCUT2D eigenvalue weighted by Gasteiger charge is 2.28. The number of benzene rings is 2. The summed E-state index contributed by atoms with van der Waals surface area (Å²) in [5, 5.41) is 1.14. The first-order valence-electron chi connectivity index (χ1n) is 10.4. The summed E-state index contributed by atoms with van der Waals surface area (Å²) in [6.45, 7) is 4.88. The molecule has 1 aliphatic rings. The number of piperidine rings is 1. The number of hydrogen-bond donors (Lipinski definition) is 1. The maximum atomic E-state index is 12.4. The number of anilines is 1. The van der Waals surface area contributed by atoms with Gasteiger partial charge in [0.05, 0.1) is 11.2 Å². The summed E-state index contributed by atoms with van der Waals surface area (Å²) in [7, 11) is 0. The molecule has 3 aromatic rings. The van der Waals surface area contributed by atoms with E-state index >= 15 is 0 Å². The van der Waals surface area contributed by atoms with Crippen LogP contribution in [0.3, 0.4) is 0 Å². The maximum Gasteiger partial charge on any atom is 0.267 e. The van der Waals surface area contributed by atoms with Crippen LogP contribution >= 0.6 is 0 Å². The van der Waals surface area contributed by atoms with Crippen LogP contribution in [-0.4, -0.2) is 23.6 Å². The highest BCUT2D eigenvalue weighted by atomic mass is 16.1.